The Hall–Kier alpha value is -1.37. The van der Waals surface area contributed by atoms with Gasteiger partial charge in [-0.1, -0.05) is 11.6 Å². The van der Waals surface area contributed by atoms with Crippen LogP contribution in [0.3, 0.4) is 0 Å². The van der Waals surface area contributed by atoms with Crippen molar-refractivity contribution in [2.45, 2.75) is 18.1 Å². The summed E-state index contributed by atoms with van der Waals surface area (Å²) in [6.45, 7) is 0.617. The van der Waals surface area contributed by atoms with Crippen LogP contribution in [0.2, 0.25) is 5.02 Å². The van der Waals surface area contributed by atoms with Crippen LogP contribution in [0.15, 0.2) is 12.1 Å². The number of nitrogens with one attached hydrogen (secondary N) is 2. The Morgan fingerprint density at radius 2 is 2.32 bits per heavy atom. The molecule has 2 heterocycles. The lowest BCUT2D eigenvalue weighted by Gasteiger charge is -2.42. The molecular formula is C12H12ClFN2O3. The maximum atomic E-state index is 14.3. The molecule has 1 spiro atoms. The van der Waals surface area contributed by atoms with Crippen LogP contribution >= 0.6 is 11.6 Å². The van der Waals surface area contributed by atoms with Crippen LogP contribution in [0.1, 0.15) is 12.0 Å². The van der Waals surface area contributed by atoms with Gasteiger partial charge in [-0.05, 0) is 12.1 Å². The van der Waals surface area contributed by atoms with Crippen LogP contribution < -0.4 is 10.6 Å². The lowest BCUT2D eigenvalue weighted by Crippen LogP contribution is -2.54. The molecule has 2 atom stereocenters. The Labute approximate surface area is 113 Å². The third-order valence-corrected chi connectivity index (χ3v) is 3.72. The monoisotopic (exact) mass is 286 g/mol. The van der Waals surface area contributed by atoms with Crippen molar-refractivity contribution in [3.63, 3.8) is 0 Å². The second kappa shape index (κ2) is 4.33. The Kier molecular flexibility index (Phi) is 2.88. The molecule has 1 amide bonds. The van der Waals surface area contributed by atoms with E-state index in [4.69, 9.17) is 16.3 Å². The largest absolute Gasteiger partial charge is 0.436 e. The van der Waals surface area contributed by atoms with E-state index in [-0.39, 0.29) is 23.6 Å². The van der Waals surface area contributed by atoms with E-state index in [2.05, 4.69) is 10.6 Å². The molecule has 3 N–H and O–H groups in total. The summed E-state index contributed by atoms with van der Waals surface area (Å²) in [5, 5.41) is 15.1. The van der Waals surface area contributed by atoms with Crippen molar-refractivity contribution in [3.8, 4) is 0 Å². The molecule has 2 aliphatic heterocycles. The maximum Gasteiger partial charge on any atom is 0.412 e. The molecule has 0 saturated carbocycles. The van der Waals surface area contributed by atoms with Crippen molar-refractivity contribution in [1.82, 2.24) is 5.32 Å². The lowest BCUT2D eigenvalue weighted by molar-refractivity contribution is -0.0485. The summed E-state index contributed by atoms with van der Waals surface area (Å²) in [7, 11) is 0. The third-order valence-electron chi connectivity index (χ3n) is 3.43. The number of fused-ring (bicyclic) bond motifs is 2. The summed E-state index contributed by atoms with van der Waals surface area (Å²) in [6.07, 6.45) is -1.24. The number of hydrogen-bond acceptors (Lipinski definition) is 4. The number of hydrogen-bond donors (Lipinski definition) is 3. The second-order valence-electron chi connectivity index (χ2n) is 4.78. The zero-order valence-corrected chi connectivity index (χ0v) is 10.6. The fourth-order valence-corrected chi connectivity index (χ4v) is 2.86. The topological polar surface area (TPSA) is 70.6 Å². The number of ether oxygens (including phenoxy) is 1. The molecular weight excluding hydrogens is 275 g/mol. The number of carbonyl (C=O) groups is 1. The first-order valence-electron chi connectivity index (χ1n) is 5.89. The predicted octanol–water partition coefficient (Wildman–Crippen LogP) is 1.59. The van der Waals surface area contributed by atoms with E-state index in [1.807, 2.05) is 0 Å². The minimum absolute atomic E-state index is 0.0436. The molecule has 1 aromatic rings. The fraction of sp³-hybridized carbons (Fsp3) is 0.417. The van der Waals surface area contributed by atoms with Gasteiger partial charge in [-0.3, -0.25) is 5.32 Å². The Bertz CT molecular complexity index is 554. The minimum Gasteiger partial charge on any atom is -0.436 e. The van der Waals surface area contributed by atoms with E-state index in [1.54, 1.807) is 0 Å². The summed E-state index contributed by atoms with van der Waals surface area (Å²) < 4.78 is 19.6. The minimum atomic E-state index is -1.22. The number of aliphatic hydroxyl groups is 1. The number of piperidine rings is 1. The first-order valence-corrected chi connectivity index (χ1v) is 6.27. The summed E-state index contributed by atoms with van der Waals surface area (Å²) in [4.78, 5) is 11.6. The van der Waals surface area contributed by atoms with Crippen LogP contribution in [0.25, 0.3) is 0 Å². The molecule has 1 aromatic carbocycles. The van der Waals surface area contributed by atoms with Crippen molar-refractivity contribution in [3.05, 3.63) is 28.5 Å². The van der Waals surface area contributed by atoms with Crippen LogP contribution in [0.5, 0.6) is 0 Å². The first kappa shape index (κ1) is 12.7. The Morgan fingerprint density at radius 3 is 3.05 bits per heavy atom. The molecule has 0 unspecified atom stereocenters. The number of amides is 1. The Balaban J connectivity index is 2.17. The molecule has 0 aromatic heterocycles. The highest BCUT2D eigenvalue weighted by atomic mass is 35.5. The van der Waals surface area contributed by atoms with E-state index in [9.17, 15) is 14.3 Å². The van der Waals surface area contributed by atoms with Crippen molar-refractivity contribution < 1.29 is 19.0 Å². The van der Waals surface area contributed by atoms with Gasteiger partial charge in [0, 0.05) is 19.5 Å². The normalized spacial score (nSPS) is 29.6. The summed E-state index contributed by atoms with van der Waals surface area (Å²) in [6, 6.07) is 2.91. The SMILES string of the molecule is O=C1Nc2ccc(Cl)c(F)c2[C@]2(CNC[C@H](O)C2)O1. The van der Waals surface area contributed by atoms with Crippen molar-refractivity contribution in [1.29, 1.82) is 0 Å². The third kappa shape index (κ3) is 1.96. The fourth-order valence-electron chi connectivity index (χ4n) is 2.70. The highest BCUT2D eigenvalue weighted by Gasteiger charge is 2.47. The number of rotatable bonds is 0. The standard InChI is InChI=1S/C12H12ClFN2O3/c13-7-1-2-8-9(10(7)14)12(19-11(18)16-8)3-6(17)4-15-5-12/h1-2,6,15,17H,3-5H2,(H,16,18)/t6-,12+/m1/s1. The number of halogens is 2. The van der Waals surface area contributed by atoms with Crippen LogP contribution in [0.4, 0.5) is 14.9 Å². The lowest BCUT2D eigenvalue weighted by atomic mass is 9.83. The zero-order chi connectivity index (χ0) is 13.6. The van der Waals surface area contributed by atoms with Gasteiger partial charge in [-0.15, -0.1) is 0 Å². The maximum absolute atomic E-state index is 14.3. The van der Waals surface area contributed by atoms with Gasteiger partial charge < -0.3 is 15.2 Å². The van der Waals surface area contributed by atoms with Gasteiger partial charge in [-0.2, -0.15) is 0 Å². The van der Waals surface area contributed by atoms with Crippen molar-refractivity contribution in [2.75, 3.05) is 18.4 Å². The van der Waals surface area contributed by atoms with E-state index in [0.29, 0.717) is 12.2 Å². The smallest absolute Gasteiger partial charge is 0.412 e. The van der Waals surface area contributed by atoms with Crippen molar-refractivity contribution in [2.24, 2.45) is 0 Å². The van der Waals surface area contributed by atoms with Gasteiger partial charge in [0.1, 0.15) is 0 Å². The van der Waals surface area contributed by atoms with E-state index < -0.39 is 23.6 Å². The number of benzene rings is 1. The van der Waals surface area contributed by atoms with Crippen molar-refractivity contribution >= 4 is 23.4 Å². The van der Waals surface area contributed by atoms with Gasteiger partial charge in [0.05, 0.1) is 22.4 Å². The summed E-state index contributed by atoms with van der Waals surface area (Å²) in [5.74, 6) is -0.630. The van der Waals surface area contributed by atoms with Crippen LogP contribution in [-0.2, 0) is 10.3 Å². The molecule has 2 aliphatic rings. The van der Waals surface area contributed by atoms with Gasteiger partial charge in [0.15, 0.2) is 11.4 Å². The molecule has 3 rings (SSSR count). The number of carbonyl (C=O) groups excluding carboxylic acids is 1. The molecule has 19 heavy (non-hydrogen) atoms. The van der Waals surface area contributed by atoms with E-state index in [1.165, 1.54) is 12.1 Å². The Morgan fingerprint density at radius 1 is 1.53 bits per heavy atom. The van der Waals surface area contributed by atoms with Gasteiger partial charge in [0.2, 0.25) is 0 Å². The number of anilines is 1. The van der Waals surface area contributed by atoms with Gasteiger partial charge >= 0.3 is 6.09 Å². The summed E-state index contributed by atoms with van der Waals surface area (Å²) >= 11 is 5.79. The van der Waals surface area contributed by atoms with E-state index in [0.717, 1.165) is 0 Å². The molecule has 7 heteroatoms. The molecule has 0 aliphatic carbocycles. The quantitative estimate of drug-likeness (QED) is 0.677. The molecule has 102 valence electrons. The molecule has 1 fully saturated rings. The molecule has 0 bridgehead atoms. The van der Waals surface area contributed by atoms with Gasteiger partial charge in [0.25, 0.3) is 0 Å². The van der Waals surface area contributed by atoms with Crippen LogP contribution in [0, 0.1) is 5.82 Å². The second-order valence-corrected chi connectivity index (χ2v) is 5.19. The average molecular weight is 287 g/mol. The highest BCUT2D eigenvalue weighted by molar-refractivity contribution is 6.31. The first-order chi connectivity index (χ1) is 9.02. The number of aliphatic hydroxyl groups excluding tert-OH is 1. The van der Waals surface area contributed by atoms with E-state index >= 15 is 0 Å². The molecule has 1 saturated heterocycles. The molecule has 5 nitrogen and oxygen atoms in total. The predicted molar refractivity (Wildman–Crippen MR) is 66.7 cm³/mol. The average Bonchev–Trinajstić information content (AvgIpc) is 2.33. The number of β-amino-alcohol motifs (C(OH)–C–C–N with tert-alkyl or cyclic N) is 1. The zero-order valence-electron chi connectivity index (χ0n) is 9.87. The molecule has 0 radical (unpaired) electrons. The summed E-state index contributed by atoms with van der Waals surface area (Å²) in [5.41, 5.74) is -0.704. The van der Waals surface area contributed by atoms with Gasteiger partial charge in [-0.25, -0.2) is 9.18 Å². The highest BCUT2D eigenvalue weighted by Crippen LogP contribution is 2.43. The van der Waals surface area contributed by atoms with Crippen LogP contribution in [-0.4, -0.2) is 30.4 Å².